The van der Waals surface area contributed by atoms with Crippen LogP contribution in [0.4, 0.5) is 10.2 Å². The molecule has 5 nitrogen and oxygen atoms in total. The molecule has 116 valence electrons. The number of carbonyl (C=O) groups is 1. The minimum absolute atomic E-state index is 0.0413. The Bertz CT molecular complexity index is 475. The molecule has 1 aromatic heterocycles. The summed E-state index contributed by atoms with van der Waals surface area (Å²) in [6.07, 6.45) is 5.18. The van der Waals surface area contributed by atoms with E-state index in [9.17, 15) is 9.18 Å². The maximum atomic E-state index is 14.1. The third kappa shape index (κ3) is 4.39. The number of likely N-dealkylation sites (tertiary alicyclic amines) is 1. The third-order valence-corrected chi connectivity index (χ3v) is 3.64. The smallest absolute Gasteiger partial charge is 0.254 e. The number of aromatic nitrogens is 1. The van der Waals surface area contributed by atoms with Crippen molar-refractivity contribution < 1.29 is 9.18 Å². The zero-order chi connectivity index (χ0) is 15.1. The lowest BCUT2D eigenvalue weighted by atomic mass is 10.1. The molecule has 1 amide bonds. The predicted molar refractivity (Wildman–Crippen MR) is 81.0 cm³/mol. The molecule has 2 rings (SSSR count). The number of hydrogen-bond donors (Lipinski definition) is 2. The van der Waals surface area contributed by atoms with E-state index in [0.717, 1.165) is 19.6 Å². The van der Waals surface area contributed by atoms with Gasteiger partial charge in [-0.05, 0) is 38.9 Å². The molecule has 6 heteroatoms. The van der Waals surface area contributed by atoms with Gasteiger partial charge in [0, 0.05) is 25.8 Å². The Morgan fingerprint density at radius 2 is 2.14 bits per heavy atom. The van der Waals surface area contributed by atoms with Crippen LogP contribution >= 0.6 is 0 Å². The molecular formula is C15H23FN4O. The SMILES string of the molecule is CCNc1nccc(C(=O)NCCN2CCCCC2)c1F. The van der Waals surface area contributed by atoms with Gasteiger partial charge in [0.05, 0.1) is 5.56 Å². The van der Waals surface area contributed by atoms with Gasteiger partial charge in [0.1, 0.15) is 0 Å². The van der Waals surface area contributed by atoms with Crippen LogP contribution in [-0.4, -0.2) is 48.5 Å². The van der Waals surface area contributed by atoms with Gasteiger partial charge in [0.25, 0.3) is 5.91 Å². The van der Waals surface area contributed by atoms with Crippen LogP contribution < -0.4 is 10.6 Å². The van der Waals surface area contributed by atoms with Crippen molar-refractivity contribution in [3.05, 3.63) is 23.6 Å². The zero-order valence-corrected chi connectivity index (χ0v) is 12.5. The van der Waals surface area contributed by atoms with Crippen molar-refractivity contribution in [1.82, 2.24) is 15.2 Å². The van der Waals surface area contributed by atoms with Crippen LogP contribution in [0.3, 0.4) is 0 Å². The van der Waals surface area contributed by atoms with Crippen LogP contribution in [0.15, 0.2) is 12.3 Å². The molecular weight excluding hydrogens is 271 g/mol. The normalized spacial score (nSPS) is 15.7. The van der Waals surface area contributed by atoms with Crippen molar-refractivity contribution in [2.24, 2.45) is 0 Å². The summed E-state index contributed by atoms with van der Waals surface area (Å²) < 4.78 is 14.1. The average molecular weight is 294 g/mol. The molecule has 1 fully saturated rings. The number of piperidine rings is 1. The van der Waals surface area contributed by atoms with Gasteiger partial charge >= 0.3 is 0 Å². The first-order chi connectivity index (χ1) is 10.2. The van der Waals surface area contributed by atoms with Crippen LogP contribution in [0.25, 0.3) is 0 Å². The fourth-order valence-electron chi connectivity index (χ4n) is 2.52. The fourth-order valence-corrected chi connectivity index (χ4v) is 2.52. The molecule has 0 aliphatic carbocycles. The van der Waals surface area contributed by atoms with Crippen LogP contribution in [0.1, 0.15) is 36.5 Å². The minimum Gasteiger partial charge on any atom is -0.368 e. The van der Waals surface area contributed by atoms with E-state index in [0.29, 0.717) is 13.1 Å². The highest BCUT2D eigenvalue weighted by atomic mass is 19.1. The monoisotopic (exact) mass is 294 g/mol. The van der Waals surface area contributed by atoms with Gasteiger partial charge < -0.3 is 15.5 Å². The maximum Gasteiger partial charge on any atom is 0.254 e. The number of anilines is 1. The highest BCUT2D eigenvalue weighted by molar-refractivity contribution is 5.95. The number of pyridine rings is 1. The van der Waals surface area contributed by atoms with E-state index in [1.807, 2.05) is 6.92 Å². The molecule has 1 aliphatic rings. The molecule has 21 heavy (non-hydrogen) atoms. The number of amides is 1. The lowest BCUT2D eigenvalue weighted by Gasteiger charge is -2.26. The minimum atomic E-state index is -0.588. The predicted octanol–water partition coefficient (Wildman–Crippen LogP) is 1.87. The summed E-state index contributed by atoms with van der Waals surface area (Å²) >= 11 is 0. The first-order valence-corrected chi connectivity index (χ1v) is 7.61. The van der Waals surface area contributed by atoms with Gasteiger partial charge in [0.2, 0.25) is 0 Å². The standard InChI is InChI=1S/C15H23FN4O/c1-2-17-14-13(16)12(6-7-18-14)15(21)19-8-11-20-9-4-3-5-10-20/h6-7H,2-5,8-11H2,1H3,(H,17,18)(H,19,21). The molecule has 2 N–H and O–H groups in total. The van der Waals surface area contributed by atoms with Crippen LogP contribution in [0, 0.1) is 5.82 Å². The van der Waals surface area contributed by atoms with Gasteiger partial charge in [-0.3, -0.25) is 4.79 Å². The Balaban J connectivity index is 1.86. The summed E-state index contributed by atoms with van der Waals surface area (Å²) in [7, 11) is 0. The summed E-state index contributed by atoms with van der Waals surface area (Å²) in [5.41, 5.74) is 0.0413. The van der Waals surface area contributed by atoms with Gasteiger partial charge in [-0.25, -0.2) is 9.37 Å². The Hall–Kier alpha value is -1.69. The van der Waals surface area contributed by atoms with Gasteiger partial charge in [0.15, 0.2) is 11.6 Å². The lowest BCUT2D eigenvalue weighted by Crippen LogP contribution is -2.37. The second kappa shape index (κ2) is 7.93. The fraction of sp³-hybridized carbons (Fsp3) is 0.600. The van der Waals surface area contributed by atoms with Gasteiger partial charge in [-0.15, -0.1) is 0 Å². The first-order valence-electron chi connectivity index (χ1n) is 7.61. The van der Waals surface area contributed by atoms with Crippen LogP contribution in [-0.2, 0) is 0 Å². The molecule has 0 bridgehead atoms. The van der Waals surface area contributed by atoms with Crippen molar-refractivity contribution in [1.29, 1.82) is 0 Å². The zero-order valence-electron chi connectivity index (χ0n) is 12.5. The molecule has 1 saturated heterocycles. The van der Waals surface area contributed by atoms with E-state index in [-0.39, 0.29) is 17.3 Å². The molecule has 1 aromatic rings. The summed E-state index contributed by atoms with van der Waals surface area (Å²) in [6, 6.07) is 1.41. The lowest BCUT2D eigenvalue weighted by molar-refractivity contribution is 0.0942. The van der Waals surface area contributed by atoms with Crippen molar-refractivity contribution in [2.45, 2.75) is 26.2 Å². The largest absolute Gasteiger partial charge is 0.368 e. The summed E-state index contributed by atoms with van der Waals surface area (Å²) in [4.78, 5) is 18.3. The summed E-state index contributed by atoms with van der Waals surface area (Å²) in [6.45, 7) is 5.94. The van der Waals surface area contributed by atoms with E-state index in [4.69, 9.17) is 0 Å². The molecule has 0 unspecified atom stereocenters. The van der Waals surface area contributed by atoms with Crippen LogP contribution in [0.2, 0.25) is 0 Å². The molecule has 0 aromatic carbocycles. The Kier molecular flexibility index (Phi) is 5.92. The molecule has 0 radical (unpaired) electrons. The van der Waals surface area contributed by atoms with Gasteiger partial charge in [-0.2, -0.15) is 0 Å². The van der Waals surface area contributed by atoms with E-state index in [1.54, 1.807) is 0 Å². The number of rotatable bonds is 6. The first kappa shape index (κ1) is 15.7. The van der Waals surface area contributed by atoms with Crippen molar-refractivity contribution in [2.75, 3.05) is 38.0 Å². The number of hydrogen-bond acceptors (Lipinski definition) is 4. The van der Waals surface area contributed by atoms with Gasteiger partial charge in [-0.1, -0.05) is 6.42 Å². The summed E-state index contributed by atoms with van der Waals surface area (Å²) in [5, 5.41) is 5.58. The maximum absolute atomic E-state index is 14.1. The number of halogens is 1. The molecule has 0 spiro atoms. The third-order valence-electron chi connectivity index (χ3n) is 3.64. The number of nitrogens with one attached hydrogen (secondary N) is 2. The van der Waals surface area contributed by atoms with E-state index in [1.165, 1.54) is 31.5 Å². The van der Waals surface area contributed by atoms with E-state index >= 15 is 0 Å². The second-order valence-electron chi connectivity index (χ2n) is 5.21. The molecule has 2 heterocycles. The Morgan fingerprint density at radius 1 is 1.38 bits per heavy atom. The molecule has 0 saturated carbocycles. The van der Waals surface area contributed by atoms with E-state index < -0.39 is 5.82 Å². The van der Waals surface area contributed by atoms with Crippen molar-refractivity contribution >= 4 is 11.7 Å². The number of carbonyl (C=O) groups excluding carboxylic acids is 1. The summed E-state index contributed by atoms with van der Waals surface area (Å²) in [5.74, 6) is -0.845. The highest BCUT2D eigenvalue weighted by Gasteiger charge is 2.16. The van der Waals surface area contributed by atoms with E-state index in [2.05, 4.69) is 20.5 Å². The topological polar surface area (TPSA) is 57.3 Å². The quantitative estimate of drug-likeness (QED) is 0.841. The highest BCUT2D eigenvalue weighted by Crippen LogP contribution is 2.14. The number of nitrogens with zero attached hydrogens (tertiary/aromatic N) is 2. The Morgan fingerprint density at radius 3 is 2.86 bits per heavy atom. The van der Waals surface area contributed by atoms with Crippen molar-refractivity contribution in [3.8, 4) is 0 Å². The molecule has 0 atom stereocenters. The second-order valence-corrected chi connectivity index (χ2v) is 5.21. The molecule has 1 aliphatic heterocycles. The Labute approximate surface area is 124 Å². The average Bonchev–Trinajstić information content (AvgIpc) is 2.50. The van der Waals surface area contributed by atoms with Crippen molar-refractivity contribution in [3.63, 3.8) is 0 Å². The van der Waals surface area contributed by atoms with Crippen LogP contribution in [0.5, 0.6) is 0 Å².